The Bertz CT molecular complexity index is 1160. The summed E-state index contributed by atoms with van der Waals surface area (Å²) in [5.41, 5.74) is 1.63. The molecule has 0 radical (unpaired) electrons. The maximum atomic E-state index is 12.8. The SMILES string of the molecule is CCC(NC(=O)c1cc(OCc2ccccc2)ccc1O)c1cccc(S(N)(=O)=O)c1. The normalized spacial score (nSPS) is 12.2. The minimum absolute atomic E-state index is 0.0307. The van der Waals surface area contributed by atoms with Gasteiger partial charge in [0.25, 0.3) is 5.91 Å². The molecule has 3 aromatic carbocycles. The van der Waals surface area contributed by atoms with Gasteiger partial charge in [0.15, 0.2) is 0 Å². The van der Waals surface area contributed by atoms with E-state index >= 15 is 0 Å². The number of phenolic OH excluding ortho intramolecular Hbond substituents is 1. The average Bonchev–Trinajstić information content (AvgIpc) is 2.77. The fraction of sp³-hybridized carbons (Fsp3) is 0.174. The van der Waals surface area contributed by atoms with Crippen LogP contribution < -0.4 is 15.2 Å². The van der Waals surface area contributed by atoms with Gasteiger partial charge in [-0.15, -0.1) is 0 Å². The van der Waals surface area contributed by atoms with Gasteiger partial charge in [-0.05, 0) is 47.9 Å². The van der Waals surface area contributed by atoms with Gasteiger partial charge in [-0.2, -0.15) is 0 Å². The molecule has 7 nitrogen and oxygen atoms in total. The molecular formula is C23H24N2O5S. The van der Waals surface area contributed by atoms with E-state index in [0.717, 1.165) is 5.56 Å². The number of primary sulfonamides is 1. The number of benzene rings is 3. The van der Waals surface area contributed by atoms with Crippen LogP contribution in [0.2, 0.25) is 0 Å². The largest absolute Gasteiger partial charge is 0.507 e. The maximum absolute atomic E-state index is 12.8. The Morgan fingerprint density at radius 2 is 1.81 bits per heavy atom. The third-order valence-electron chi connectivity index (χ3n) is 4.76. The van der Waals surface area contributed by atoms with E-state index in [2.05, 4.69) is 5.32 Å². The molecular weight excluding hydrogens is 416 g/mol. The second-order valence-corrected chi connectivity index (χ2v) is 8.57. The van der Waals surface area contributed by atoms with Gasteiger partial charge in [0.1, 0.15) is 18.1 Å². The highest BCUT2D eigenvalue weighted by molar-refractivity contribution is 7.89. The van der Waals surface area contributed by atoms with E-state index < -0.39 is 22.0 Å². The highest BCUT2D eigenvalue weighted by atomic mass is 32.2. The minimum atomic E-state index is -3.86. The van der Waals surface area contributed by atoms with E-state index in [4.69, 9.17) is 9.88 Å². The van der Waals surface area contributed by atoms with Crippen molar-refractivity contribution in [2.45, 2.75) is 30.9 Å². The molecule has 0 bridgehead atoms. The highest BCUT2D eigenvalue weighted by Gasteiger charge is 2.19. The summed E-state index contributed by atoms with van der Waals surface area (Å²) in [6.07, 6.45) is 0.505. The van der Waals surface area contributed by atoms with Crippen molar-refractivity contribution >= 4 is 15.9 Å². The van der Waals surface area contributed by atoms with Crippen LogP contribution in [0.25, 0.3) is 0 Å². The first-order valence-corrected chi connectivity index (χ1v) is 11.3. The van der Waals surface area contributed by atoms with Crippen molar-refractivity contribution in [3.8, 4) is 11.5 Å². The Morgan fingerprint density at radius 1 is 1.06 bits per heavy atom. The molecule has 4 N–H and O–H groups in total. The number of phenols is 1. The number of nitrogens with two attached hydrogens (primary N) is 1. The summed E-state index contributed by atoms with van der Waals surface area (Å²) >= 11 is 0. The number of hydrogen-bond acceptors (Lipinski definition) is 5. The number of nitrogens with one attached hydrogen (secondary N) is 1. The summed E-state index contributed by atoms with van der Waals surface area (Å²) in [7, 11) is -3.86. The summed E-state index contributed by atoms with van der Waals surface area (Å²) in [4.78, 5) is 12.8. The lowest BCUT2D eigenvalue weighted by atomic mass is 10.0. The first-order valence-electron chi connectivity index (χ1n) is 9.71. The molecule has 0 heterocycles. The second kappa shape index (κ2) is 9.63. The van der Waals surface area contributed by atoms with Gasteiger partial charge in [-0.3, -0.25) is 4.79 Å². The minimum Gasteiger partial charge on any atom is -0.507 e. The Morgan fingerprint density at radius 3 is 2.48 bits per heavy atom. The van der Waals surface area contributed by atoms with Crippen LogP contribution in [0, 0.1) is 0 Å². The van der Waals surface area contributed by atoms with E-state index in [1.165, 1.54) is 24.3 Å². The summed E-state index contributed by atoms with van der Waals surface area (Å²) < 4.78 is 29.0. The van der Waals surface area contributed by atoms with Crippen LogP contribution in [-0.4, -0.2) is 19.4 Å². The number of sulfonamides is 1. The second-order valence-electron chi connectivity index (χ2n) is 7.01. The molecule has 0 aliphatic carbocycles. The van der Waals surface area contributed by atoms with Crippen LogP contribution in [0.3, 0.4) is 0 Å². The number of aromatic hydroxyl groups is 1. The van der Waals surface area contributed by atoms with Gasteiger partial charge in [-0.1, -0.05) is 49.4 Å². The van der Waals surface area contributed by atoms with E-state index in [-0.39, 0.29) is 16.2 Å². The van der Waals surface area contributed by atoms with Crippen LogP contribution in [-0.2, 0) is 16.6 Å². The molecule has 0 spiro atoms. The lowest BCUT2D eigenvalue weighted by molar-refractivity contribution is 0.0932. The molecule has 162 valence electrons. The molecule has 0 aliphatic rings. The summed E-state index contributed by atoms with van der Waals surface area (Å²) in [5.74, 6) is -0.246. The molecule has 0 saturated carbocycles. The van der Waals surface area contributed by atoms with Crippen molar-refractivity contribution in [3.63, 3.8) is 0 Å². The van der Waals surface area contributed by atoms with E-state index in [9.17, 15) is 18.3 Å². The Balaban J connectivity index is 1.77. The quantitative estimate of drug-likeness (QED) is 0.495. The number of hydrogen-bond donors (Lipinski definition) is 3. The van der Waals surface area contributed by atoms with E-state index in [1.54, 1.807) is 18.2 Å². The molecule has 0 saturated heterocycles. The van der Waals surface area contributed by atoms with Gasteiger partial charge in [0.2, 0.25) is 10.0 Å². The van der Waals surface area contributed by atoms with Gasteiger partial charge in [0.05, 0.1) is 16.5 Å². The van der Waals surface area contributed by atoms with Crippen molar-refractivity contribution in [1.82, 2.24) is 5.32 Å². The zero-order chi connectivity index (χ0) is 22.4. The number of rotatable bonds is 8. The molecule has 3 aromatic rings. The molecule has 0 aliphatic heterocycles. The monoisotopic (exact) mass is 440 g/mol. The van der Waals surface area contributed by atoms with Gasteiger partial charge in [0, 0.05) is 0 Å². The van der Waals surface area contributed by atoms with Gasteiger partial charge < -0.3 is 15.2 Å². The molecule has 1 amide bonds. The lowest BCUT2D eigenvalue weighted by Gasteiger charge is -2.19. The van der Waals surface area contributed by atoms with Crippen LogP contribution in [0.1, 0.15) is 40.9 Å². The lowest BCUT2D eigenvalue weighted by Crippen LogP contribution is -2.28. The van der Waals surface area contributed by atoms with Crippen LogP contribution in [0.4, 0.5) is 0 Å². The molecule has 0 fully saturated rings. The Kier molecular flexibility index (Phi) is 6.94. The van der Waals surface area contributed by atoms with Gasteiger partial charge >= 0.3 is 0 Å². The summed E-state index contributed by atoms with van der Waals surface area (Å²) in [5, 5.41) is 18.2. The summed E-state index contributed by atoms with van der Waals surface area (Å²) in [6.45, 7) is 2.18. The van der Waals surface area contributed by atoms with Crippen molar-refractivity contribution in [2.24, 2.45) is 5.14 Å². The summed E-state index contributed by atoms with van der Waals surface area (Å²) in [6, 6.07) is 19.7. The molecule has 1 atom stereocenters. The first kappa shape index (κ1) is 22.3. The molecule has 8 heteroatoms. The molecule has 3 rings (SSSR count). The zero-order valence-electron chi connectivity index (χ0n) is 17.0. The Labute approximate surface area is 181 Å². The number of amides is 1. The average molecular weight is 441 g/mol. The molecule has 31 heavy (non-hydrogen) atoms. The predicted molar refractivity (Wildman–Crippen MR) is 117 cm³/mol. The Hall–Kier alpha value is -3.36. The maximum Gasteiger partial charge on any atom is 0.255 e. The van der Waals surface area contributed by atoms with Crippen molar-refractivity contribution in [1.29, 1.82) is 0 Å². The van der Waals surface area contributed by atoms with Crippen LogP contribution >= 0.6 is 0 Å². The van der Waals surface area contributed by atoms with Crippen LogP contribution in [0.5, 0.6) is 11.5 Å². The number of carbonyl (C=O) groups is 1. The van der Waals surface area contributed by atoms with Gasteiger partial charge in [-0.25, -0.2) is 13.6 Å². The third-order valence-corrected chi connectivity index (χ3v) is 5.67. The molecule has 0 aromatic heterocycles. The highest BCUT2D eigenvalue weighted by Crippen LogP contribution is 2.26. The topological polar surface area (TPSA) is 119 Å². The van der Waals surface area contributed by atoms with Crippen molar-refractivity contribution in [2.75, 3.05) is 0 Å². The van der Waals surface area contributed by atoms with Crippen molar-refractivity contribution in [3.05, 3.63) is 89.5 Å². The van der Waals surface area contributed by atoms with Crippen molar-refractivity contribution < 1.29 is 23.1 Å². The number of ether oxygens (including phenoxy) is 1. The predicted octanol–water partition coefficient (Wildman–Crippen LogP) is 3.50. The number of carbonyl (C=O) groups excluding carboxylic acids is 1. The standard InChI is InChI=1S/C23H24N2O5S/c1-2-21(17-9-6-10-19(13-17)31(24,28)29)25-23(27)20-14-18(11-12-22(20)26)30-15-16-7-4-3-5-8-16/h3-14,21,26H,2,15H2,1H3,(H,25,27)(H2,24,28,29). The fourth-order valence-corrected chi connectivity index (χ4v) is 3.66. The zero-order valence-corrected chi connectivity index (χ0v) is 17.8. The van der Waals surface area contributed by atoms with E-state index in [0.29, 0.717) is 24.3 Å². The van der Waals surface area contributed by atoms with Crippen LogP contribution in [0.15, 0.2) is 77.7 Å². The third kappa shape index (κ3) is 5.84. The first-order chi connectivity index (χ1) is 14.8. The van der Waals surface area contributed by atoms with E-state index in [1.807, 2.05) is 37.3 Å². The molecule has 1 unspecified atom stereocenters. The smallest absolute Gasteiger partial charge is 0.255 e. The fourth-order valence-electron chi connectivity index (χ4n) is 3.09.